The third-order valence-electron chi connectivity index (χ3n) is 4.98. The van der Waals surface area contributed by atoms with Crippen LogP contribution in [-0.4, -0.2) is 46.4 Å². The van der Waals surface area contributed by atoms with Gasteiger partial charge in [-0.2, -0.15) is 0 Å². The molecule has 0 aromatic heterocycles. The van der Waals surface area contributed by atoms with Gasteiger partial charge in [0.25, 0.3) is 11.8 Å². The van der Waals surface area contributed by atoms with E-state index in [1.807, 2.05) is 0 Å². The fraction of sp³-hybridized carbons (Fsp3) is 0.455. The Morgan fingerprint density at radius 2 is 1.03 bits per heavy atom. The summed E-state index contributed by atoms with van der Waals surface area (Å²) < 4.78 is 73.2. The smallest absolute Gasteiger partial charge is 0.264 e. The molecule has 184 valence electrons. The van der Waals surface area contributed by atoms with Crippen LogP contribution in [0.2, 0.25) is 0 Å². The lowest BCUT2D eigenvalue weighted by molar-refractivity contribution is 0.00724. The Balaban J connectivity index is 2.01. The monoisotopic (exact) mass is 730 g/mol. The highest BCUT2D eigenvalue weighted by Crippen LogP contribution is 2.41. The van der Waals surface area contributed by atoms with Crippen molar-refractivity contribution >= 4 is 69.3 Å². The van der Waals surface area contributed by atoms with E-state index in [1.165, 1.54) is 14.2 Å². The minimum Gasteiger partial charge on any atom is -0.497 e. The molecule has 0 heterocycles. The van der Waals surface area contributed by atoms with Crippen molar-refractivity contribution in [1.82, 2.24) is 0 Å². The van der Waals surface area contributed by atoms with Crippen LogP contribution in [0.15, 0.2) is 48.5 Å². The van der Waals surface area contributed by atoms with Gasteiger partial charge in [0.2, 0.25) is 0 Å². The van der Waals surface area contributed by atoms with Gasteiger partial charge in [-0.1, -0.05) is 69.4 Å². The molecule has 0 aliphatic rings. The van der Waals surface area contributed by atoms with Crippen molar-refractivity contribution in [3.05, 3.63) is 59.7 Å². The number of hydrogen-bond donors (Lipinski definition) is 0. The summed E-state index contributed by atoms with van der Waals surface area (Å²) in [6, 6.07) is 13.0. The zero-order chi connectivity index (χ0) is 24.5. The molecule has 2 aromatic rings. The highest BCUT2D eigenvalue weighted by Gasteiger charge is 2.41. The summed E-state index contributed by atoms with van der Waals surface area (Å²) >= 11 is 5.03. The van der Waals surface area contributed by atoms with Crippen molar-refractivity contribution in [1.29, 1.82) is 0 Å². The number of ether oxygens (including phenoxy) is 2. The van der Waals surface area contributed by atoms with Crippen molar-refractivity contribution in [3.8, 4) is 11.5 Å². The van der Waals surface area contributed by atoms with Crippen LogP contribution in [0.3, 0.4) is 0 Å². The third kappa shape index (κ3) is 8.50. The van der Waals surface area contributed by atoms with E-state index < -0.39 is 23.7 Å². The van der Waals surface area contributed by atoms with E-state index in [1.54, 1.807) is 93.7 Å². The number of hydrogen-bond acceptors (Lipinski definition) is 5. The Bertz CT molecular complexity index is 773. The molecule has 0 aliphatic carbocycles. The van der Waals surface area contributed by atoms with Gasteiger partial charge in [0, 0.05) is 35.6 Å². The van der Waals surface area contributed by atoms with Crippen molar-refractivity contribution in [2.24, 2.45) is 0 Å². The molecule has 0 N–H and O–H groups in total. The first-order valence-corrected chi connectivity index (χ1v) is 14.6. The first kappa shape index (κ1) is 29.1. The Kier molecular flexibility index (Phi) is 12.2. The van der Waals surface area contributed by atoms with E-state index in [-0.39, 0.29) is 20.4 Å². The lowest BCUT2D eigenvalue weighted by Gasteiger charge is -2.26. The van der Waals surface area contributed by atoms with E-state index in [0.717, 1.165) is 24.1 Å². The van der Waals surface area contributed by atoms with Gasteiger partial charge in [0.1, 0.15) is 11.5 Å². The third-order valence-corrected chi connectivity index (χ3v) is 8.72. The molecule has 2 aromatic carbocycles. The zero-order valence-electron chi connectivity index (χ0n) is 17.9. The molecule has 2 unspecified atom stereocenters. The standard InChI is InChI=1S/C22H24F4I2O3S2/c1-29-17-7-3-15(4-8-17)19(21(23,24)13-27)11-32-31-33-12-20(22(25,26)14-28)16-5-9-18(30-2)10-6-16/h3-10,19-20H,11-14H2,1-2H3. The minimum atomic E-state index is -2.95. The van der Waals surface area contributed by atoms with E-state index in [2.05, 4.69) is 0 Å². The summed E-state index contributed by atoms with van der Waals surface area (Å²) in [5.74, 6) is -6.95. The molecule has 11 heteroatoms. The molecular formula is C22H24F4I2O3S2. The van der Waals surface area contributed by atoms with Crippen LogP contribution in [0.25, 0.3) is 0 Å². The maximum Gasteiger partial charge on any atom is 0.264 e. The maximum absolute atomic E-state index is 14.6. The van der Waals surface area contributed by atoms with Crippen molar-refractivity contribution in [2.45, 2.75) is 23.7 Å². The Morgan fingerprint density at radius 1 is 0.697 bits per heavy atom. The molecule has 2 atom stereocenters. The van der Waals surface area contributed by atoms with Crippen LogP contribution in [-0.2, 0) is 3.63 Å². The number of halogens is 6. The largest absolute Gasteiger partial charge is 0.497 e. The molecule has 0 saturated carbocycles. The second kappa shape index (κ2) is 13.8. The van der Waals surface area contributed by atoms with Crippen LogP contribution < -0.4 is 9.47 Å². The molecule has 0 aliphatic heterocycles. The molecule has 0 amide bonds. The highest BCUT2D eigenvalue weighted by molar-refractivity contribution is 14.1. The Hall–Kier alpha value is -0.120. The summed E-state index contributed by atoms with van der Waals surface area (Å²) in [6.45, 7) is 0. The van der Waals surface area contributed by atoms with E-state index in [9.17, 15) is 17.6 Å². The number of benzene rings is 2. The molecule has 0 saturated heterocycles. The second-order valence-electron chi connectivity index (χ2n) is 7.08. The lowest BCUT2D eigenvalue weighted by Crippen LogP contribution is -2.30. The number of rotatable bonds is 14. The van der Waals surface area contributed by atoms with E-state index >= 15 is 0 Å². The van der Waals surface area contributed by atoms with Gasteiger partial charge >= 0.3 is 0 Å². The topological polar surface area (TPSA) is 27.7 Å². The van der Waals surface area contributed by atoms with Crippen LogP contribution in [0.5, 0.6) is 11.5 Å². The summed E-state index contributed by atoms with van der Waals surface area (Å²) in [6.07, 6.45) is 0. The Labute approximate surface area is 227 Å². The van der Waals surface area contributed by atoms with E-state index in [0.29, 0.717) is 22.6 Å². The minimum absolute atomic E-state index is 0.0226. The highest BCUT2D eigenvalue weighted by atomic mass is 127. The maximum atomic E-state index is 14.6. The molecule has 0 radical (unpaired) electrons. The van der Waals surface area contributed by atoms with Gasteiger partial charge in [-0.15, -0.1) is 0 Å². The van der Waals surface area contributed by atoms with Crippen molar-refractivity contribution in [2.75, 3.05) is 34.6 Å². The van der Waals surface area contributed by atoms with Crippen LogP contribution in [0.1, 0.15) is 23.0 Å². The molecule has 0 spiro atoms. The SMILES string of the molecule is COc1ccc(C(CSOSCC(c2ccc(OC)cc2)C(F)(F)CI)C(F)(F)CI)cc1. The number of methoxy groups -OCH3 is 2. The van der Waals surface area contributed by atoms with Gasteiger partial charge in [-0.05, 0) is 35.4 Å². The summed E-state index contributed by atoms with van der Waals surface area (Å²) in [5.41, 5.74) is 0.928. The van der Waals surface area contributed by atoms with Gasteiger partial charge in [-0.3, -0.25) is 0 Å². The zero-order valence-corrected chi connectivity index (χ0v) is 23.9. The van der Waals surface area contributed by atoms with E-state index in [4.69, 9.17) is 13.1 Å². The molecule has 0 fully saturated rings. The average Bonchev–Trinajstić information content (AvgIpc) is 2.83. The van der Waals surface area contributed by atoms with Gasteiger partial charge in [0.15, 0.2) is 0 Å². The fourth-order valence-electron chi connectivity index (χ4n) is 3.01. The van der Waals surface area contributed by atoms with Crippen LogP contribution in [0.4, 0.5) is 17.6 Å². The van der Waals surface area contributed by atoms with Gasteiger partial charge in [0.05, 0.1) is 34.9 Å². The first-order chi connectivity index (χ1) is 15.7. The summed E-state index contributed by atoms with van der Waals surface area (Å²) in [7, 11) is 3.02. The molecule has 0 bridgehead atoms. The van der Waals surface area contributed by atoms with Gasteiger partial charge < -0.3 is 9.47 Å². The fourth-order valence-corrected chi connectivity index (χ4v) is 5.93. The average molecular weight is 730 g/mol. The Morgan fingerprint density at radius 3 is 1.30 bits per heavy atom. The lowest BCUT2D eigenvalue weighted by atomic mass is 9.95. The predicted octanol–water partition coefficient (Wildman–Crippen LogP) is 8.02. The summed E-state index contributed by atoms with van der Waals surface area (Å²) in [5, 5.41) is 0. The first-order valence-electron chi connectivity index (χ1n) is 9.75. The normalized spacial score (nSPS) is 14.1. The molecule has 2 rings (SSSR count). The van der Waals surface area contributed by atoms with Crippen molar-refractivity contribution in [3.63, 3.8) is 0 Å². The molecular weight excluding hydrogens is 706 g/mol. The van der Waals surface area contributed by atoms with Gasteiger partial charge in [-0.25, -0.2) is 21.2 Å². The second-order valence-corrected chi connectivity index (χ2v) is 10.3. The van der Waals surface area contributed by atoms with Crippen LogP contribution in [0, 0.1) is 0 Å². The number of alkyl halides is 6. The molecule has 33 heavy (non-hydrogen) atoms. The molecule has 3 nitrogen and oxygen atoms in total. The van der Waals surface area contributed by atoms with Crippen molar-refractivity contribution < 1.29 is 30.7 Å². The summed E-state index contributed by atoms with van der Waals surface area (Å²) in [4.78, 5) is 0. The predicted molar refractivity (Wildman–Crippen MR) is 145 cm³/mol. The van der Waals surface area contributed by atoms with Crippen LogP contribution >= 0.6 is 69.3 Å². The quantitative estimate of drug-likeness (QED) is 0.0646.